The minimum atomic E-state index is -5.04. The average molecular weight is 461 g/mol. The fourth-order valence-electron chi connectivity index (χ4n) is 2.19. The lowest BCUT2D eigenvalue weighted by Crippen LogP contribution is -2.36. The van der Waals surface area contributed by atoms with Crippen LogP contribution in [0.25, 0.3) is 0 Å². The highest BCUT2D eigenvalue weighted by Gasteiger charge is 2.39. The van der Waals surface area contributed by atoms with E-state index in [0.29, 0.717) is 12.1 Å². The van der Waals surface area contributed by atoms with E-state index in [-0.39, 0.29) is 21.9 Å². The van der Waals surface area contributed by atoms with Gasteiger partial charge in [-0.1, -0.05) is 0 Å². The third-order valence-corrected chi connectivity index (χ3v) is 7.05. The monoisotopic (exact) mass is 461 g/mol. The molecule has 0 spiro atoms. The Balaban J connectivity index is 2.70. The van der Waals surface area contributed by atoms with E-state index in [0.717, 1.165) is 26.0 Å². The van der Waals surface area contributed by atoms with Gasteiger partial charge in [-0.3, -0.25) is 9.59 Å². The van der Waals surface area contributed by atoms with E-state index >= 15 is 0 Å². The molecule has 1 aromatic heterocycles. The molecule has 1 heterocycles. The first-order valence-corrected chi connectivity index (χ1v) is 10.2. The molecule has 30 heavy (non-hydrogen) atoms. The highest BCUT2D eigenvalue weighted by atomic mass is 32.2. The van der Waals surface area contributed by atoms with Crippen LogP contribution in [0.5, 0.6) is 0 Å². The van der Waals surface area contributed by atoms with Crippen LogP contribution >= 0.6 is 11.3 Å². The normalized spacial score (nSPS) is 12.3. The number of hydrogen-bond donors (Lipinski definition) is 3. The predicted molar refractivity (Wildman–Crippen MR) is 99.4 cm³/mol. The zero-order chi connectivity index (χ0) is 23.1. The molecule has 0 saturated heterocycles. The van der Waals surface area contributed by atoms with E-state index in [1.807, 2.05) is 0 Å². The lowest BCUT2D eigenvalue weighted by atomic mass is 10.1. The summed E-state index contributed by atoms with van der Waals surface area (Å²) in [6.45, 7) is 2.25. The minimum absolute atomic E-state index is 0.285. The Morgan fingerprint density at radius 3 is 2.30 bits per heavy atom. The van der Waals surface area contributed by atoms with E-state index in [1.165, 1.54) is 0 Å². The van der Waals surface area contributed by atoms with Gasteiger partial charge in [-0.2, -0.15) is 18.4 Å². The molecule has 0 unspecified atom stereocenters. The van der Waals surface area contributed by atoms with Crippen molar-refractivity contribution in [3.63, 3.8) is 0 Å². The van der Waals surface area contributed by atoms with Crippen LogP contribution in [0.2, 0.25) is 0 Å². The molecule has 0 bridgehead atoms. The standard InChI is InChI=1S/C17H14F3N3O5S2/c1-16(2,26)15(25)23-14-9(13(22)24)6-12(29-14)30(27,28)11-5-8(7-21)3-4-10(11)17(18,19)20/h3-6,26H,1-2H3,(H2,22,24)(H,23,25). The van der Waals surface area contributed by atoms with Crippen LogP contribution in [0, 0.1) is 11.3 Å². The number of anilines is 1. The van der Waals surface area contributed by atoms with Gasteiger partial charge in [0.25, 0.3) is 11.8 Å². The number of aliphatic hydroxyl groups is 1. The molecular formula is C17H14F3N3O5S2. The Labute approximate surface area is 172 Å². The highest BCUT2D eigenvalue weighted by molar-refractivity contribution is 7.93. The number of nitrogens with one attached hydrogen (secondary N) is 1. The molecule has 2 rings (SSSR count). The van der Waals surface area contributed by atoms with Crippen molar-refractivity contribution in [3.05, 3.63) is 41.0 Å². The van der Waals surface area contributed by atoms with Gasteiger partial charge >= 0.3 is 6.18 Å². The summed E-state index contributed by atoms with van der Waals surface area (Å²) in [6.07, 6.45) is -5.04. The average Bonchev–Trinajstić information content (AvgIpc) is 3.04. The molecule has 0 aliphatic carbocycles. The van der Waals surface area contributed by atoms with Crippen molar-refractivity contribution in [1.29, 1.82) is 5.26 Å². The van der Waals surface area contributed by atoms with Gasteiger partial charge in [-0.15, -0.1) is 11.3 Å². The third-order valence-electron chi connectivity index (χ3n) is 3.73. The Bertz CT molecular complexity index is 1170. The van der Waals surface area contributed by atoms with Crippen LogP contribution < -0.4 is 11.1 Å². The van der Waals surface area contributed by atoms with Crippen LogP contribution in [0.4, 0.5) is 18.2 Å². The maximum Gasteiger partial charge on any atom is 0.417 e. The fraction of sp³-hybridized carbons (Fsp3) is 0.235. The summed E-state index contributed by atoms with van der Waals surface area (Å²) < 4.78 is 65.2. The summed E-state index contributed by atoms with van der Waals surface area (Å²) in [5.74, 6) is -2.15. The number of rotatable bonds is 5. The molecule has 2 aromatic rings. The van der Waals surface area contributed by atoms with Gasteiger partial charge in [-0.05, 0) is 38.1 Å². The first-order chi connectivity index (χ1) is 13.6. The van der Waals surface area contributed by atoms with E-state index < -0.39 is 53.7 Å². The molecule has 160 valence electrons. The molecule has 8 nitrogen and oxygen atoms in total. The van der Waals surface area contributed by atoms with Gasteiger partial charge in [0.05, 0.1) is 27.7 Å². The molecule has 0 radical (unpaired) electrons. The van der Waals surface area contributed by atoms with E-state index in [2.05, 4.69) is 5.32 Å². The summed E-state index contributed by atoms with van der Waals surface area (Å²) in [4.78, 5) is 22.4. The smallest absolute Gasteiger partial charge is 0.381 e. The largest absolute Gasteiger partial charge is 0.417 e. The summed E-state index contributed by atoms with van der Waals surface area (Å²) in [5, 5.41) is 20.4. The van der Waals surface area contributed by atoms with Gasteiger partial charge in [0.1, 0.15) is 14.8 Å². The van der Waals surface area contributed by atoms with Gasteiger partial charge < -0.3 is 16.2 Å². The first-order valence-electron chi connectivity index (χ1n) is 7.93. The van der Waals surface area contributed by atoms with Crippen LogP contribution in [-0.2, 0) is 20.8 Å². The molecule has 0 atom stereocenters. The molecule has 2 amide bonds. The van der Waals surface area contributed by atoms with Crippen molar-refractivity contribution < 1.29 is 36.3 Å². The van der Waals surface area contributed by atoms with Crippen molar-refractivity contribution in [2.45, 2.75) is 34.7 Å². The maximum atomic E-state index is 13.3. The second-order valence-corrected chi connectivity index (χ2v) is 9.71. The Morgan fingerprint density at radius 1 is 1.23 bits per heavy atom. The third kappa shape index (κ3) is 4.61. The topological polar surface area (TPSA) is 150 Å². The number of carbonyl (C=O) groups excluding carboxylic acids is 2. The first kappa shape index (κ1) is 23.3. The molecule has 1 aromatic carbocycles. The van der Waals surface area contributed by atoms with E-state index in [1.54, 1.807) is 6.07 Å². The van der Waals surface area contributed by atoms with Crippen LogP contribution in [0.3, 0.4) is 0 Å². The lowest BCUT2D eigenvalue weighted by molar-refractivity contribution is -0.139. The second kappa shape index (κ2) is 7.71. The molecule has 13 heteroatoms. The van der Waals surface area contributed by atoms with Crippen molar-refractivity contribution in [2.75, 3.05) is 5.32 Å². The number of hydrogen-bond acceptors (Lipinski definition) is 7. The van der Waals surface area contributed by atoms with E-state index in [9.17, 15) is 36.3 Å². The SMILES string of the molecule is CC(C)(O)C(=O)Nc1sc(S(=O)(=O)c2cc(C#N)ccc2C(F)(F)F)cc1C(N)=O. The number of carbonyl (C=O) groups is 2. The summed E-state index contributed by atoms with van der Waals surface area (Å²) in [5.41, 5.74) is 0.972. The minimum Gasteiger partial charge on any atom is -0.381 e. The Hall–Kier alpha value is -2.95. The van der Waals surface area contributed by atoms with Gasteiger partial charge in [-0.25, -0.2) is 8.42 Å². The zero-order valence-electron chi connectivity index (χ0n) is 15.4. The summed E-state index contributed by atoms with van der Waals surface area (Å²) in [7, 11) is -4.87. The van der Waals surface area contributed by atoms with Crippen LogP contribution in [0.1, 0.15) is 35.3 Å². The number of nitriles is 1. The Morgan fingerprint density at radius 2 is 1.83 bits per heavy atom. The van der Waals surface area contributed by atoms with Crippen molar-refractivity contribution in [2.24, 2.45) is 5.73 Å². The number of alkyl halides is 3. The van der Waals surface area contributed by atoms with Crippen molar-refractivity contribution >= 4 is 38.0 Å². The van der Waals surface area contributed by atoms with Crippen LogP contribution in [0.15, 0.2) is 33.4 Å². The second-order valence-electron chi connectivity index (χ2n) is 6.51. The molecule has 0 fully saturated rings. The van der Waals surface area contributed by atoms with Gasteiger partial charge in [0.2, 0.25) is 9.84 Å². The molecule has 0 saturated carbocycles. The maximum absolute atomic E-state index is 13.3. The molecule has 0 aliphatic rings. The number of nitrogens with zero attached hydrogens (tertiary/aromatic N) is 1. The fourth-order valence-corrected chi connectivity index (χ4v) is 5.18. The number of thiophene rings is 1. The predicted octanol–water partition coefficient (Wildman–Crippen LogP) is 2.28. The summed E-state index contributed by atoms with van der Waals surface area (Å²) in [6, 6.07) is 4.13. The number of primary amides is 1. The quantitative estimate of drug-likeness (QED) is 0.622. The van der Waals surface area contributed by atoms with E-state index in [4.69, 9.17) is 11.0 Å². The Kier molecular flexibility index (Phi) is 5.99. The number of nitrogens with two attached hydrogens (primary N) is 1. The lowest BCUT2D eigenvalue weighted by Gasteiger charge is -2.16. The number of benzene rings is 1. The molecular weight excluding hydrogens is 447 g/mol. The van der Waals surface area contributed by atoms with Crippen LogP contribution in [-0.4, -0.2) is 30.9 Å². The zero-order valence-corrected chi connectivity index (χ0v) is 17.0. The highest BCUT2D eigenvalue weighted by Crippen LogP contribution is 2.40. The van der Waals surface area contributed by atoms with Crippen molar-refractivity contribution in [1.82, 2.24) is 0 Å². The van der Waals surface area contributed by atoms with Gasteiger partial charge in [0.15, 0.2) is 0 Å². The number of amides is 2. The number of halogens is 3. The van der Waals surface area contributed by atoms with Crippen molar-refractivity contribution in [3.8, 4) is 6.07 Å². The molecule has 4 N–H and O–H groups in total. The van der Waals surface area contributed by atoms with Gasteiger partial charge in [0, 0.05) is 0 Å². The number of sulfone groups is 1. The summed E-state index contributed by atoms with van der Waals surface area (Å²) >= 11 is 0.285. The molecule has 0 aliphatic heterocycles.